The summed E-state index contributed by atoms with van der Waals surface area (Å²) in [5.74, 6) is -0.521. The highest BCUT2D eigenvalue weighted by Gasteiger charge is 2.38. The van der Waals surface area contributed by atoms with Crippen LogP contribution in [0.4, 0.5) is 18.3 Å². The maximum Gasteiger partial charge on any atom is 0.425 e. The standard InChI is InChI=1S/C21H16F3N5O2S/c1-11-3-4-14(18(30)27-20-29-26-10-32-20)8-17(11)13-5-6-16-15(7-13)9-25-28-19(16)31-12(2)21(22,23)24/h3-10,12H,1-2H3,(H,27,29,30)/t12-/m0/s1. The number of carbonyl (C=O) groups is 1. The minimum atomic E-state index is -4.52. The number of ether oxygens (including phenoxy) is 1. The van der Waals surface area contributed by atoms with Crippen LogP contribution in [-0.4, -0.2) is 38.6 Å². The molecule has 0 radical (unpaired) electrons. The van der Waals surface area contributed by atoms with E-state index in [9.17, 15) is 18.0 Å². The van der Waals surface area contributed by atoms with Gasteiger partial charge in [-0.25, -0.2) is 0 Å². The number of nitrogens with zero attached hydrogens (tertiary/aromatic N) is 4. The van der Waals surface area contributed by atoms with Gasteiger partial charge >= 0.3 is 6.18 Å². The Labute approximate surface area is 184 Å². The van der Waals surface area contributed by atoms with Crippen molar-refractivity contribution in [2.75, 3.05) is 5.32 Å². The molecule has 164 valence electrons. The van der Waals surface area contributed by atoms with Crippen molar-refractivity contribution in [1.82, 2.24) is 20.4 Å². The summed E-state index contributed by atoms with van der Waals surface area (Å²) in [6.45, 7) is 2.81. The van der Waals surface area contributed by atoms with Gasteiger partial charge in [-0.15, -0.1) is 15.3 Å². The lowest BCUT2D eigenvalue weighted by atomic mass is 9.96. The molecule has 2 aromatic carbocycles. The number of anilines is 1. The molecule has 0 aliphatic rings. The second-order valence-corrected chi connectivity index (χ2v) is 7.81. The van der Waals surface area contributed by atoms with E-state index in [0.717, 1.165) is 23.6 Å². The summed E-state index contributed by atoms with van der Waals surface area (Å²) in [5, 5.41) is 19.0. The minimum absolute atomic E-state index is 0.194. The molecule has 1 N–H and O–H groups in total. The molecule has 0 fully saturated rings. The van der Waals surface area contributed by atoms with Crippen molar-refractivity contribution in [2.24, 2.45) is 0 Å². The first-order valence-corrected chi connectivity index (χ1v) is 10.3. The van der Waals surface area contributed by atoms with Gasteiger partial charge in [-0.1, -0.05) is 23.5 Å². The molecule has 4 rings (SSSR count). The number of fused-ring (bicyclic) bond motifs is 1. The molecule has 0 saturated carbocycles. The van der Waals surface area contributed by atoms with Crippen LogP contribution in [0.15, 0.2) is 48.1 Å². The molecule has 4 aromatic rings. The number of hydrogen-bond acceptors (Lipinski definition) is 7. The maximum atomic E-state index is 12.9. The van der Waals surface area contributed by atoms with Gasteiger partial charge < -0.3 is 4.74 Å². The average molecular weight is 459 g/mol. The summed E-state index contributed by atoms with van der Waals surface area (Å²) >= 11 is 1.21. The van der Waals surface area contributed by atoms with Crippen LogP contribution in [0, 0.1) is 6.92 Å². The summed E-state index contributed by atoms with van der Waals surface area (Å²) in [7, 11) is 0. The number of carbonyl (C=O) groups excluding carboxylic acids is 1. The zero-order valence-electron chi connectivity index (χ0n) is 16.8. The Kier molecular flexibility index (Phi) is 5.74. The molecule has 0 spiro atoms. The normalized spacial score (nSPS) is 12.5. The number of rotatable bonds is 5. The first-order valence-electron chi connectivity index (χ1n) is 9.40. The summed E-state index contributed by atoms with van der Waals surface area (Å²) in [4.78, 5) is 12.5. The van der Waals surface area contributed by atoms with E-state index in [1.165, 1.54) is 23.0 Å². The van der Waals surface area contributed by atoms with Crippen LogP contribution in [0.1, 0.15) is 22.8 Å². The summed E-state index contributed by atoms with van der Waals surface area (Å²) in [5.41, 5.74) is 4.42. The highest BCUT2D eigenvalue weighted by Crippen LogP contribution is 2.32. The monoisotopic (exact) mass is 459 g/mol. The fraction of sp³-hybridized carbons (Fsp3) is 0.190. The molecule has 2 heterocycles. The number of hydrogen-bond donors (Lipinski definition) is 1. The molecule has 0 unspecified atom stereocenters. The molecular weight excluding hydrogens is 443 g/mol. The molecule has 32 heavy (non-hydrogen) atoms. The molecule has 1 amide bonds. The van der Waals surface area contributed by atoms with Gasteiger partial charge in [-0.05, 0) is 54.8 Å². The Morgan fingerprint density at radius 2 is 1.94 bits per heavy atom. The summed E-state index contributed by atoms with van der Waals surface area (Å²) < 4.78 is 43.6. The van der Waals surface area contributed by atoms with Crippen molar-refractivity contribution in [1.29, 1.82) is 0 Å². The molecule has 0 bridgehead atoms. The molecule has 0 saturated heterocycles. The molecule has 1 atom stereocenters. The molecule has 0 aliphatic heterocycles. The fourth-order valence-electron chi connectivity index (χ4n) is 3.02. The van der Waals surface area contributed by atoms with E-state index in [1.54, 1.807) is 30.3 Å². The van der Waals surface area contributed by atoms with Gasteiger partial charge in [0.25, 0.3) is 5.91 Å². The first kappa shape index (κ1) is 21.6. The van der Waals surface area contributed by atoms with E-state index >= 15 is 0 Å². The van der Waals surface area contributed by atoms with Crippen LogP contribution in [-0.2, 0) is 0 Å². The minimum Gasteiger partial charge on any atom is -0.463 e. The Bertz CT molecular complexity index is 1280. The van der Waals surface area contributed by atoms with E-state index in [-0.39, 0.29) is 11.8 Å². The molecule has 7 nitrogen and oxygen atoms in total. The predicted molar refractivity (Wildman–Crippen MR) is 114 cm³/mol. The first-order chi connectivity index (χ1) is 15.2. The van der Waals surface area contributed by atoms with Crippen LogP contribution in [0.25, 0.3) is 21.9 Å². The Hall–Kier alpha value is -3.60. The highest BCUT2D eigenvalue weighted by atomic mass is 32.1. The largest absolute Gasteiger partial charge is 0.463 e. The smallest absolute Gasteiger partial charge is 0.425 e. The van der Waals surface area contributed by atoms with E-state index < -0.39 is 12.3 Å². The average Bonchev–Trinajstić information content (AvgIpc) is 3.26. The number of alkyl halides is 3. The zero-order valence-corrected chi connectivity index (χ0v) is 17.7. The van der Waals surface area contributed by atoms with E-state index in [2.05, 4.69) is 25.7 Å². The van der Waals surface area contributed by atoms with Crippen LogP contribution in [0.5, 0.6) is 5.88 Å². The van der Waals surface area contributed by atoms with Crippen molar-refractivity contribution in [2.45, 2.75) is 26.1 Å². The van der Waals surface area contributed by atoms with Crippen molar-refractivity contribution < 1.29 is 22.7 Å². The van der Waals surface area contributed by atoms with Gasteiger partial charge in [-0.2, -0.15) is 18.3 Å². The number of nitrogens with one attached hydrogen (secondary N) is 1. The number of halogens is 3. The van der Waals surface area contributed by atoms with Gasteiger partial charge in [0.05, 0.1) is 6.20 Å². The third-order valence-electron chi connectivity index (χ3n) is 4.77. The van der Waals surface area contributed by atoms with E-state index in [4.69, 9.17) is 4.74 Å². The second-order valence-electron chi connectivity index (χ2n) is 6.98. The molecular formula is C21H16F3N5O2S. The predicted octanol–water partition coefficient (Wildman–Crippen LogP) is 5.04. The van der Waals surface area contributed by atoms with Crippen LogP contribution in [0.3, 0.4) is 0 Å². The van der Waals surface area contributed by atoms with E-state index in [1.807, 2.05) is 13.0 Å². The Balaban J connectivity index is 1.67. The maximum absolute atomic E-state index is 12.9. The number of aromatic nitrogens is 4. The van der Waals surface area contributed by atoms with Crippen molar-refractivity contribution in [3.05, 3.63) is 59.2 Å². The second kappa shape index (κ2) is 8.50. The number of amides is 1. The Morgan fingerprint density at radius 3 is 2.66 bits per heavy atom. The molecule has 2 aromatic heterocycles. The van der Waals surface area contributed by atoms with Crippen molar-refractivity contribution in [3.63, 3.8) is 0 Å². The third kappa shape index (κ3) is 4.52. The van der Waals surface area contributed by atoms with Gasteiger partial charge in [0.15, 0.2) is 6.10 Å². The quantitative estimate of drug-likeness (QED) is 0.450. The summed E-state index contributed by atoms with van der Waals surface area (Å²) in [6.07, 6.45) is -5.09. The third-order valence-corrected chi connectivity index (χ3v) is 5.37. The zero-order chi connectivity index (χ0) is 22.9. The van der Waals surface area contributed by atoms with E-state index in [0.29, 0.717) is 21.5 Å². The summed E-state index contributed by atoms with van der Waals surface area (Å²) in [6, 6.07) is 10.4. The lowest BCUT2D eigenvalue weighted by Crippen LogP contribution is -2.31. The van der Waals surface area contributed by atoms with Crippen molar-refractivity contribution >= 4 is 33.1 Å². The van der Waals surface area contributed by atoms with Crippen LogP contribution >= 0.6 is 11.3 Å². The lowest BCUT2D eigenvalue weighted by Gasteiger charge is -2.17. The van der Waals surface area contributed by atoms with Gasteiger partial charge in [-0.3, -0.25) is 10.1 Å². The molecule has 11 heteroatoms. The Morgan fingerprint density at radius 1 is 1.12 bits per heavy atom. The van der Waals surface area contributed by atoms with Crippen molar-refractivity contribution in [3.8, 4) is 17.0 Å². The van der Waals surface area contributed by atoms with Crippen LogP contribution < -0.4 is 10.1 Å². The fourth-order valence-corrected chi connectivity index (χ4v) is 3.46. The molecule has 0 aliphatic carbocycles. The number of benzene rings is 2. The SMILES string of the molecule is Cc1ccc(C(=O)Nc2nncs2)cc1-c1ccc2c(O[C@@H](C)C(F)(F)F)nncc2c1. The van der Waals surface area contributed by atoms with Gasteiger partial charge in [0.1, 0.15) is 5.51 Å². The van der Waals surface area contributed by atoms with Gasteiger partial charge in [0.2, 0.25) is 11.0 Å². The van der Waals surface area contributed by atoms with Crippen LogP contribution in [0.2, 0.25) is 0 Å². The lowest BCUT2D eigenvalue weighted by molar-refractivity contribution is -0.189. The highest BCUT2D eigenvalue weighted by molar-refractivity contribution is 7.13. The number of aryl methyl sites for hydroxylation is 1. The topological polar surface area (TPSA) is 89.9 Å². The van der Waals surface area contributed by atoms with Gasteiger partial charge in [0, 0.05) is 16.3 Å².